The third-order valence-electron chi connectivity index (χ3n) is 5.07. The lowest BCUT2D eigenvalue weighted by Crippen LogP contribution is -2.31. The Labute approximate surface area is 181 Å². The van der Waals surface area contributed by atoms with E-state index in [2.05, 4.69) is 10.3 Å². The van der Waals surface area contributed by atoms with Crippen molar-refractivity contribution in [2.24, 2.45) is 7.05 Å². The van der Waals surface area contributed by atoms with Gasteiger partial charge in [-0.15, -0.1) is 0 Å². The molecular weight excluding hydrogens is 414 g/mol. The van der Waals surface area contributed by atoms with E-state index in [1.807, 2.05) is 66.2 Å². The number of nitrogens with one attached hydrogen (secondary N) is 1. The van der Waals surface area contributed by atoms with Crippen molar-refractivity contribution in [3.63, 3.8) is 0 Å². The molecule has 1 aromatic heterocycles. The zero-order valence-electron chi connectivity index (χ0n) is 16.8. The van der Waals surface area contributed by atoms with Crippen molar-refractivity contribution in [1.82, 2.24) is 14.9 Å². The van der Waals surface area contributed by atoms with Gasteiger partial charge in [-0.2, -0.15) is 0 Å². The first-order chi connectivity index (χ1) is 15.3. The van der Waals surface area contributed by atoms with Gasteiger partial charge in [-0.25, -0.2) is 4.98 Å². The Balaban J connectivity index is 1.79. The number of benzene rings is 3. The van der Waals surface area contributed by atoms with E-state index in [9.17, 15) is 25.0 Å². The summed E-state index contributed by atoms with van der Waals surface area (Å²) in [5.74, 6) is -0.150. The molecule has 0 bridgehead atoms. The maximum Gasteiger partial charge on any atom is 0.277 e. The number of nitro groups is 2. The van der Waals surface area contributed by atoms with Crippen LogP contribution < -0.4 is 5.32 Å². The van der Waals surface area contributed by atoms with Crippen LogP contribution in [0.3, 0.4) is 0 Å². The van der Waals surface area contributed by atoms with Crippen molar-refractivity contribution >= 4 is 28.3 Å². The van der Waals surface area contributed by atoms with Gasteiger partial charge in [0.1, 0.15) is 11.9 Å². The zero-order chi connectivity index (χ0) is 22.8. The minimum absolute atomic E-state index is 0.189. The lowest BCUT2D eigenvalue weighted by atomic mass is 10.0. The second-order valence-electron chi connectivity index (χ2n) is 7.09. The number of amides is 1. The molecule has 0 saturated carbocycles. The zero-order valence-corrected chi connectivity index (χ0v) is 16.8. The van der Waals surface area contributed by atoms with E-state index in [-0.39, 0.29) is 5.56 Å². The number of non-ortho nitro benzene ring substituents is 2. The first kappa shape index (κ1) is 20.7. The summed E-state index contributed by atoms with van der Waals surface area (Å²) in [4.78, 5) is 38.6. The fraction of sp³-hybridized carbons (Fsp3) is 0.0909. The number of fused-ring (bicyclic) bond motifs is 1. The number of hydrogen-bond donors (Lipinski definition) is 1. The molecule has 1 heterocycles. The number of nitro benzene ring substituents is 2. The molecule has 0 saturated heterocycles. The number of carbonyl (C=O) groups excluding carboxylic acids is 1. The van der Waals surface area contributed by atoms with E-state index in [4.69, 9.17) is 0 Å². The molecule has 0 aliphatic heterocycles. The Morgan fingerprint density at radius 3 is 2.12 bits per heavy atom. The van der Waals surface area contributed by atoms with Crippen LogP contribution in [0.2, 0.25) is 0 Å². The first-order valence-corrected chi connectivity index (χ1v) is 9.56. The van der Waals surface area contributed by atoms with Crippen LogP contribution in [-0.4, -0.2) is 25.3 Å². The lowest BCUT2D eigenvalue weighted by molar-refractivity contribution is -0.394. The molecule has 0 radical (unpaired) electrons. The van der Waals surface area contributed by atoms with Gasteiger partial charge in [0.2, 0.25) is 0 Å². The molecule has 1 unspecified atom stereocenters. The summed E-state index contributed by atoms with van der Waals surface area (Å²) in [6, 6.07) is 18.7. The van der Waals surface area contributed by atoms with E-state index < -0.39 is 33.2 Å². The fourth-order valence-corrected chi connectivity index (χ4v) is 3.52. The number of aromatic nitrogens is 2. The van der Waals surface area contributed by atoms with E-state index in [0.29, 0.717) is 5.82 Å². The number of rotatable bonds is 6. The Hall–Kier alpha value is -4.60. The van der Waals surface area contributed by atoms with Crippen LogP contribution in [0.1, 0.15) is 27.8 Å². The summed E-state index contributed by atoms with van der Waals surface area (Å²) < 4.78 is 1.85. The molecule has 10 heteroatoms. The third-order valence-corrected chi connectivity index (χ3v) is 5.07. The van der Waals surface area contributed by atoms with E-state index in [1.165, 1.54) is 0 Å². The van der Waals surface area contributed by atoms with Gasteiger partial charge in [0, 0.05) is 19.2 Å². The van der Waals surface area contributed by atoms with Crippen LogP contribution in [-0.2, 0) is 7.05 Å². The number of hydrogen-bond acceptors (Lipinski definition) is 6. The topological polar surface area (TPSA) is 133 Å². The molecule has 0 aliphatic rings. The number of imidazole rings is 1. The predicted molar refractivity (Wildman–Crippen MR) is 116 cm³/mol. The molecule has 4 rings (SSSR count). The SMILES string of the molecule is Cn1c(C(NC(=O)c2cc([N+](=O)[O-])cc([N+](=O)[O-])c2)c2ccccc2)nc2ccccc21. The van der Waals surface area contributed by atoms with Gasteiger partial charge in [-0.05, 0) is 17.7 Å². The van der Waals surface area contributed by atoms with Crippen molar-refractivity contribution in [1.29, 1.82) is 0 Å². The van der Waals surface area contributed by atoms with Gasteiger partial charge in [0.25, 0.3) is 17.3 Å². The van der Waals surface area contributed by atoms with E-state index in [1.54, 1.807) is 0 Å². The van der Waals surface area contributed by atoms with E-state index in [0.717, 1.165) is 34.8 Å². The van der Waals surface area contributed by atoms with Crippen molar-refractivity contribution in [2.45, 2.75) is 6.04 Å². The molecule has 32 heavy (non-hydrogen) atoms. The highest BCUT2D eigenvalue weighted by molar-refractivity contribution is 5.96. The molecule has 0 fully saturated rings. The van der Waals surface area contributed by atoms with Crippen LogP contribution in [0.4, 0.5) is 11.4 Å². The highest BCUT2D eigenvalue weighted by Gasteiger charge is 2.25. The van der Waals surface area contributed by atoms with Gasteiger partial charge >= 0.3 is 0 Å². The minimum Gasteiger partial charge on any atom is -0.338 e. The second-order valence-corrected chi connectivity index (χ2v) is 7.09. The van der Waals surface area contributed by atoms with E-state index >= 15 is 0 Å². The highest BCUT2D eigenvalue weighted by Crippen LogP contribution is 2.27. The molecule has 4 aromatic rings. The van der Waals surface area contributed by atoms with Gasteiger partial charge in [0.15, 0.2) is 0 Å². The lowest BCUT2D eigenvalue weighted by Gasteiger charge is -2.19. The number of nitrogens with zero attached hydrogens (tertiary/aromatic N) is 4. The number of carbonyl (C=O) groups is 1. The quantitative estimate of drug-likeness (QED) is 0.363. The smallest absolute Gasteiger partial charge is 0.277 e. The molecule has 10 nitrogen and oxygen atoms in total. The maximum atomic E-state index is 13.1. The number of aryl methyl sites for hydroxylation is 1. The van der Waals surface area contributed by atoms with Crippen LogP contribution >= 0.6 is 0 Å². The Bertz CT molecular complexity index is 1320. The Kier molecular flexibility index (Phi) is 5.34. The number of para-hydroxylation sites is 2. The summed E-state index contributed by atoms with van der Waals surface area (Å²) in [6.07, 6.45) is 0. The van der Waals surface area contributed by atoms with Crippen LogP contribution in [0.25, 0.3) is 11.0 Å². The fourth-order valence-electron chi connectivity index (χ4n) is 3.52. The third kappa shape index (κ3) is 3.88. The van der Waals surface area contributed by atoms with Gasteiger partial charge < -0.3 is 9.88 Å². The molecular formula is C22H17N5O5. The second kappa shape index (κ2) is 8.26. The largest absolute Gasteiger partial charge is 0.338 e. The minimum atomic E-state index is -0.774. The maximum absolute atomic E-state index is 13.1. The van der Waals surface area contributed by atoms with Crippen LogP contribution in [0.15, 0.2) is 72.8 Å². The summed E-state index contributed by atoms with van der Waals surface area (Å²) in [6.45, 7) is 0. The van der Waals surface area contributed by atoms with Crippen molar-refractivity contribution in [3.8, 4) is 0 Å². The Morgan fingerprint density at radius 1 is 0.938 bits per heavy atom. The van der Waals surface area contributed by atoms with Gasteiger partial charge in [-0.1, -0.05) is 42.5 Å². The molecule has 1 amide bonds. The summed E-state index contributed by atoms with van der Waals surface area (Å²) in [5.41, 5.74) is 1.08. The monoisotopic (exact) mass is 431 g/mol. The normalized spacial score (nSPS) is 11.8. The predicted octanol–water partition coefficient (Wildman–Crippen LogP) is 3.91. The average Bonchev–Trinajstić information content (AvgIpc) is 3.13. The standard InChI is InChI=1S/C22H17N5O5/c1-25-19-10-6-5-9-18(19)23-21(25)20(14-7-3-2-4-8-14)24-22(28)15-11-16(26(29)30)13-17(12-15)27(31)32/h2-13,20H,1H3,(H,24,28). The average molecular weight is 431 g/mol. The molecule has 160 valence electrons. The van der Waals surface area contributed by atoms with Crippen molar-refractivity contribution in [3.05, 3.63) is 110 Å². The Morgan fingerprint density at radius 2 is 1.53 bits per heavy atom. The molecule has 0 aliphatic carbocycles. The summed E-state index contributed by atoms with van der Waals surface area (Å²) in [7, 11) is 1.82. The summed E-state index contributed by atoms with van der Waals surface area (Å²) in [5, 5.41) is 25.2. The molecule has 0 spiro atoms. The van der Waals surface area contributed by atoms with Gasteiger partial charge in [-0.3, -0.25) is 25.0 Å². The summed E-state index contributed by atoms with van der Waals surface area (Å²) >= 11 is 0. The highest BCUT2D eigenvalue weighted by atomic mass is 16.6. The van der Waals surface area contributed by atoms with Gasteiger partial charge in [0.05, 0.1) is 32.5 Å². The molecule has 1 atom stereocenters. The van der Waals surface area contributed by atoms with Crippen LogP contribution in [0.5, 0.6) is 0 Å². The molecule has 3 aromatic carbocycles. The first-order valence-electron chi connectivity index (χ1n) is 9.56. The van der Waals surface area contributed by atoms with Crippen molar-refractivity contribution < 1.29 is 14.6 Å². The molecule has 1 N–H and O–H groups in total. The van der Waals surface area contributed by atoms with Crippen molar-refractivity contribution in [2.75, 3.05) is 0 Å². The van der Waals surface area contributed by atoms with Crippen LogP contribution in [0, 0.1) is 20.2 Å².